The zero-order valence-electron chi connectivity index (χ0n) is 19.6. The summed E-state index contributed by atoms with van der Waals surface area (Å²) in [5, 5.41) is 0.329. The van der Waals surface area contributed by atoms with Crippen LogP contribution in [-0.4, -0.2) is 38.2 Å². The summed E-state index contributed by atoms with van der Waals surface area (Å²) in [6.07, 6.45) is 7.45. The number of aryl methyl sites for hydroxylation is 1. The van der Waals surface area contributed by atoms with Crippen molar-refractivity contribution in [2.24, 2.45) is 11.8 Å². The van der Waals surface area contributed by atoms with Gasteiger partial charge in [0.25, 0.3) is 5.24 Å². The average Bonchev–Trinajstić information content (AvgIpc) is 2.97. The van der Waals surface area contributed by atoms with Crippen molar-refractivity contribution in [1.82, 2.24) is 0 Å². The first-order valence-corrected chi connectivity index (χ1v) is 12.9. The van der Waals surface area contributed by atoms with Crippen molar-refractivity contribution in [2.45, 2.75) is 43.6 Å². The Hall–Kier alpha value is -2.01. The molecule has 4 nitrogen and oxygen atoms in total. The maximum atomic E-state index is 12.0. The molecule has 6 heteroatoms. The van der Waals surface area contributed by atoms with E-state index in [1.165, 1.54) is 11.1 Å². The number of nitrogens with zero attached hydrogens (tertiary/aromatic N) is 1. The Labute approximate surface area is 211 Å². The molecule has 1 saturated carbocycles. The van der Waals surface area contributed by atoms with Crippen LogP contribution >= 0.6 is 23.2 Å². The fraction of sp³-hybridized carbons (Fsp3) is 0.464. The number of methoxy groups -OCH3 is 1. The van der Waals surface area contributed by atoms with Crippen LogP contribution in [0.2, 0.25) is 5.02 Å². The minimum Gasteiger partial charge on any atom is -0.490 e. The summed E-state index contributed by atoms with van der Waals surface area (Å²) in [7, 11) is 1.76. The highest BCUT2D eigenvalue weighted by Gasteiger charge is 2.44. The quantitative estimate of drug-likeness (QED) is 0.339. The Balaban J connectivity index is 1.54. The third kappa shape index (κ3) is 4.25. The first-order valence-electron chi connectivity index (χ1n) is 12.1. The third-order valence-electron chi connectivity index (χ3n) is 8.12. The molecule has 1 aliphatic heterocycles. The van der Waals surface area contributed by atoms with Crippen molar-refractivity contribution in [3.8, 4) is 5.75 Å². The highest BCUT2D eigenvalue weighted by molar-refractivity contribution is 6.67. The molecule has 5 rings (SSSR count). The number of hydrogen-bond acceptors (Lipinski definition) is 4. The van der Waals surface area contributed by atoms with Gasteiger partial charge in [-0.05, 0) is 97.0 Å². The zero-order chi connectivity index (χ0) is 23.9. The van der Waals surface area contributed by atoms with Crippen LogP contribution in [0.1, 0.15) is 47.2 Å². The normalized spacial score (nSPS) is 26.5. The molecule has 3 aliphatic rings. The van der Waals surface area contributed by atoms with E-state index in [0.29, 0.717) is 24.0 Å². The lowest BCUT2D eigenvalue weighted by molar-refractivity contribution is 0.0135. The van der Waals surface area contributed by atoms with Crippen molar-refractivity contribution in [2.75, 3.05) is 31.7 Å². The number of halogens is 2. The number of fused-ring (bicyclic) bond motifs is 3. The monoisotopic (exact) mass is 499 g/mol. The van der Waals surface area contributed by atoms with Gasteiger partial charge in [-0.2, -0.15) is 0 Å². The molecule has 0 bridgehead atoms. The molecule has 0 unspecified atom stereocenters. The van der Waals surface area contributed by atoms with Crippen LogP contribution in [-0.2, 0) is 16.6 Å². The van der Waals surface area contributed by atoms with E-state index >= 15 is 0 Å². The second-order valence-corrected chi connectivity index (χ2v) is 10.8. The summed E-state index contributed by atoms with van der Waals surface area (Å²) in [6.45, 7) is 6.27. The molecule has 34 heavy (non-hydrogen) atoms. The molecule has 1 fully saturated rings. The van der Waals surface area contributed by atoms with Crippen LogP contribution in [0.5, 0.6) is 5.75 Å². The van der Waals surface area contributed by atoms with Gasteiger partial charge in [-0.1, -0.05) is 23.7 Å². The van der Waals surface area contributed by atoms with Gasteiger partial charge in [-0.15, -0.1) is 6.58 Å². The predicted octanol–water partition coefficient (Wildman–Crippen LogP) is 6.42. The van der Waals surface area contributed by atoms with E-state index in [2.05, 4.69) is 23.6 Å². The van der Waals surface area contributed by atoms with E-state index in [-0.39, 0.29) is 11.5 Å². The van der Waals surface area contributed by atoms with Crippen LogP contribution in [0.15, 0.2) is 49.1 Å². The number of rotatable bonds is 6. The van der Waals surface area contributed by atoms with Crippen molar-refractivity contribution < 1.29 is 14.3 Å². The lowest BCUT2D eigenvalue weighted by atomic mass is 9.68. The van der Waals surface area contributed by atoms with Gasteiger partial charge in [0.05, 0.1) is 18.4 Å². The van der Waals surface area contributed by atoms with Gasteiger partial charge in [0.15, 0.2) is 0 Å². The Kier molecular flexibility index (Phi) is 6.67. The van der Waals surface area contributed by atoms with E-state index in [4.69, 9.17) is 32.7 Å². The largest absolute Gasteiger partial charge is 0.490 e. The molecule has 1 heterocycles. The molecule has 1 spiro atoms. The Morgan fingerprint density at radius 2 is 2.18 bits per heavy atom. The van der Waals surface area contributed by atoms with Gasteiger partial charge >= 0.3 is 0 Å². The molecule has 0 amide bonds. The average molecular weight is 500 g/mol. The smallest absolute Gasteiger partial charge is 0.252 e. The van der Waals surface area contributed by atoms with Crippen LogP contribution in [0.25, 0.3) is 0 Å². The lowest BCUT2D eigenvalue weighted by Crippen LogP contribution is -2.49. The highest BCUT2D eigenvalue weighted by atomic mass is 35.5. The van der Waals surface area contributed by atoms with Crippen molar-refractivity contribution >= 4 is 34.1 Å². The minimum atomic E-state index is -0.452. The number of anilines is 1. The molecule has 4 atom stereocenters. The fourth-order valence-corrected chi connectivity index (χ4v) is 6.53. The molecule has 0 aromatic heterocycles. The molecule has 0 N–H and O–H groups in total. The van der Waals surface area contributed by atoms with Crippen LogP contribution < -0.4 is 9.64 Å². The van der Waals surface area contributed by atoms with Gasteiger partial charge in [-0.3, -0.25) is 4.79 Å². The highest BCUT2D eigenvalue weighted by Crippen LogP contribution is 2.46. The van der Waals surface area contributed by atoms with Crippen LogP contribution in [0.4, 0.5) is 5.69 Å². The summed E-state index contributed by atoms with van der Waals surface area (Å²) in [5.74, 6) is 1.73. The molecule has 0 saturated heterocycles. The molecule has 0 radical (unpaired) electrons. The number of hydrogen-bond donors (Lipinski definition) is 0. The van der Waals surface area contributed by atoms with E-state index in [0.717, 1.165) is 61.7 Å². The maximum Gasteiger partial charge on any atom is 0.252 e. The number of carbonyl (C=O) groups excluding carboxylic acids is 1. The van der Waals surface area contributed by atoms with Crippen molar-refractivity contribution in [3.63, 3.8) is 0 Å². The van der Waals surface area contributed by atoms with E-state index in [1.807, 2.05) is 24.3 Å². The molecule has 2 aliphatic carbocycles. The Morgan fingerprint density at radius 1 is 1.32 bits per heavy atom. The van der Waals surface area contributed by atoms with Crippen molar-refractivity contribution in [1.29, 1.82) is 0 Å². The second kappa shape index (κ2) is 9.56. The van der Waals surface area contributed by atoms with Crippen molar-refractivity contribution in [3.05, 3.63) is 70.8 Å². The van der Waals surface area contributed by atoms with Gasteiger partial charge < -0.3 is 14.4 Å². The zero-order valence-corrected chi connectivity index (χ0v) is 21.1. The Bertz CT molecular complexity index is 1100. The van der Waals surface area contributed by atoms with Crippen LogP contribution in [0, 0.1) is 11.8 Å². The van der Waals surface area contributed by atoms with Crippen LogP contribution in [0.3, 0.4) is 0 Å². The maximum absolute atomic E-state index is 12.0. The summed E-state index contributed by atoms with van der Waals surface area (Å²) in [5.41, 5.74) is 3.95. The molecular formula is C28H31Cl2NO3. The molecule has 180 valence electrons. The number of benzene rings is 2. The van der Waals surface area contributed by atoms with Gasteiger partial charge in [-0.25, -0.2) is 0 Å². The second-order valence-electron chi connectivity index (χ2n) is 10.00. The summed E-state index contributed by atoms with van der Waals surface area (Å²) in [6, 6.07) is 11.8. The first kappa shape index (κ1) is 23.7. The lowest BCUT2D eigenvalue weighted by Gasteiger charge is -2.46. The fourth-order valence-electron chi connectivity index (χ4n) is 6.22. The van der Waals surface area contributed by atoms with E-state index in [1.54, 1.807) is 13.2 Å². The minimum absolute atomic E-state index is 0.0590. The molecule has 2 aromatic carbocycles. The van der Waals surface area contributed by atoms with E-state index in [9.17, 15) is 4.79 Å². The van der Waals surface area contributed by atoms with E-state index < -0.39 is 5.24 Å². The summed E-state index contributed by atoms with van der Waals surface area (Å²) in [4.78, 5) is 14.4. The topological polar surface area (TPSA) is 38.8 Å². The number of ether oxygens (including phenoxy) is 2. The SMILES string of the molecule is C=C[C@H](OC)[C@@H]1CC[C@H]1CN1C[C@@]2(CCCc3cc(Cl)ccc32)COc2ccc(C(=O)Cl)cc21. The standard InChI is InChI=1S/C28H31Cl2NO3/c1-3-25(33-2)22-9-6-20(22)15-31-16-28(12-4-5-18-13-21(29)8-10-23(18)28)17-34-26-11-7-19(27(30)32)14-24(26)31/h3,7-8,10-11,13-14,20,22,25H,1,4-6,9,12,15-17H2,2H3/t20-,22+,25-,28-/m0/s1. The van der Waals surface area contributed by atoms with Gasteiger partial charge in [0, 0.05) is 36.2 Å². The predicted molar refractivity (Wildman–Crippen MR) is 138 cm³/mol. The third-order valence-corrected chi connectivity index (χ3v) is 8.58. The Morgan fingerprint density at radius 3 is 2.88 bits per heavy atom. The molecular weight excluding hydrogens is 469 g/mol. The summed E-state index contributed by atoms with van der Waals surface area (Å²) < 4.78 is 12.2. The molecule has 2 aromatic rings. The van der Waals surface area contributed by atoms with Gasteiger partial charge in [0.2, 0.25) is 0 Å². The summed E-state index contributed by atoms with van der Waals surface area (Å²) >= 11 is 12.2. The first-order chi connectivity index (χ1) is 16.4. The number of carbonyl (C=O) groups is 1. The van der Waals surface area contributed by atoms with Gasteiger partial charge in [0.1, 0.15) is 5.75 Å².